The molecule has 4 N–H and O–H groups in total. The van der Waals surface area contributed by atoms with Gasteiger partial charge < -0.3 is 40.7 Å². The van der Waals surface area contributed by atoms with Crippen molar-refractivity contribution in [2.45, 2.75) is 66.5 Å². The summed E-state index contributed by atoms with van der Waals surface area (Å²) in [6.45, 7) is 25.3. The lowest BCUT2D eigenvalue weighted by atomic mass is 10.0. The van der Waals surface area contributed by atoms with Crippen LogP contribution in [0, 0.1) is 13.8 Å². The number of hydrogen-bond acceptors (Lipinski definition) is 14. The van der Waals surface area contributed by atoms with Gasteiger partial charge in [0, 0.05) is 180 Å². The van der Waals surface area contributed by atoms with E-state index in [4.69, 9.17) is 9.72 Å². The second kappa shape index (κ2) is 31.6. The monoisotopic (exact) mass is 1410 g/mol. The Morgan fingerprint density at radius 3 is 1.72 bits per heavy atom. The molecule has 4 aliphatic heterocycles. The van der Waals surface area contributed by atoms with Crippen LogP contribution in [0.4, 0.5) is 28.4 Å². The van der Waals surface area contributed by atoms with Crippen molar-refractivity contribution in [3.05, 3.63) is 257 Å². The number of carbonyl (C=O) groups is 4. The number of Topliss-reactive ketones (excluding diaryl/α,β-unsaturated/α-hetero) is 1. The highest BCUT2D eigenvalue weighted by molar-refractivity contribution is 6.01. The third-order valence-electron chi connectivity index (χ3n) is 21.4. The minimum absolute atomic E-state index is 0.0179. The Hall–Kier alpha value is -11.3. The van der Waals surface area contributed by atoms with Crippen LogP contribution in [0.3, 0.4) is 0 Å². The van der Waals surface area contributed by atoms with Crippen molar-refractivity contribution in [2.75, 3.05) is 114 Å². The topological polar surface area (TPSA) is 194 Å². The van der Waals surface area contributed by atoms with E-state index in [-0.39, 0.29) is 23.5 Å². The van der Waals surface area contributed by atoms with Crippen LogP contribution >= 0.6 is 0 Å². The number of carbonyl (C=O) groups excluding carboxylic acids is 4. The summed E-state index contributed by atoms with van der Waals surface area (Å²) >= 11 is 0. The maximum atomic E-state index is 12.9. The zero-order valence-corrected chi connectivity index (χ0v) is 61.0. The molecular weight excluding hydrogens is 1320 g/mol. The highest BCUT2D eigenvalue weighted by atomic mass is 16.5. The van der Waals surface area contributed by atoms with Crippen LogP contribution in [-0.2, 0) is 24.1 Å². The Labute approximate surface area is 618 Å². The van der Waals surface area contributed by atoms with Crippen LogP contribution in [-0.4, -0.2) is 176 Å². The first-order valence-corrected chi connectivity index (χ1v) is 37.2. The zero-order chi connectivity index (χ0) is 72.8. The smallest absolute Gasteiger partial charge is 0.253 e. The number of aryl methyl sites for hydroxylation is 3. The van der Waals surface area contributed by atoms with Crippen LogP contribution in [0.25, 0.3) is 50.7 Å². The molecule has 3 amide bonds. The number of fused-ring (bicyclic) bond motifs is 5. The third kappa shape index (κ3) is 15.4. The number of pyridine rings is 3. The van der Waals surface area contributed by atoms with Gasteiger partial charge in [-0.1, -0.05) is 55.5 Å². The second-order valence-electron chi connectivity index (χ2n) is 28.3. The average molecular weight is 1410 g/mol. The zero-order valence-electron chi connectivity index (χ0n) is 61.0. The number of nitrogens with one attached hydrogen (secondary N) is 4. The van der Waals surface area contributed by atoms with Crippen molar-refractivity contribution in [1.29, 1.82) is 0 Å². The van der Waals surface area contributed by atoms with Crippen LogP contribution < -0.4 is 26.2 Å². The summed E-state index contributed by atoms with van der Waals surface area (Å²) in [5, 5.41) is 12.8. The van der Waals surface area contributed by atoms with E-state index in [9.17, 15) is 19.2 Å². The molecule has 6 aromatic carbocycles. The lowest BCUT2D eigenvalue weighted by Crippen LogP contribution is -2.48. The minimum atomic E-state index is -0.0733. The van der Waals surface area contributed by atoms with Gasteiger partial charge in [-0.05, 0) is 206 Å². The molecule has 12 aromatic rings. The predicted molar refractivity (Wildman–Crippen MR) is 420 cm³/mol. The van der Waals surface area contributed by atoms with Gasteiger partial charge in [-0.3, -0.25) is 42.2 Å². The molecule has 1 aliphatic carbocycles. The molecule has 106 heavy (non-hydrogen) atoms. The number of ketones is 1. The Kier molecular flexibility index (Phi) is 21.0. The van der Waals surface area contributed by atoms with Gasteiger partial charge in [0.1, 0.15) is 5.65 Å². The van der Waals surface area contributed by atoms with Crippen LogP contribution in [0.5, 0.6) is 0 Å². The molecule has 0 bridgehead atoms. The van der Waals surface area contributed by atoms with Crippen molar-refractivity contribution in [1.82, 2.24) is 58.4 Å². The fourth-order valence-corrected chi connectivity index (χ4v) is 15.0. The molecule has 0 radical (unpaired) electrons. The van der Waals surface area contributed by atoms with Crippen molar-refractivity contribution in [2.24, 2.45) is 0 Å². The van der Waals surface area contributed by atoms with Gasteiger partial charge in [0.25, 0.3) is 17.7 Å². The summed E-state index contributed by atoms with van der Waals surface area (Å²) < 4.78 is 11.7. The van der Waals surface area contributed by atoms with E-state index in [0.29, 0.717) is 36.7 Å². The molecule has 20 nitrogen and oxygen atoms in total. The number of hydrogen-bond donors (Lipinski definition) is 4. The first-order chi connectivity index (χ1) is 51.7. The van der Waals surface area contributed by atoms with Crippen LogP contribution in [0.15, 0.2) is 201 Å². The van der Waals surface area contributed by atoms with E-state index in [2.05, 4.69) is 179 Å². The molecule has 10 heterocycles. The summed E-state index contributed by atoms with van der Waals surface area (Å²) in [5.74, 6) is 0.223. The van der Waals surface area contributed by atoms with Crippen LogP contribution in [0.1, 0.15) is 102 Å². The van der Waals surface area contributed by atoms with E-state index in [1.54, 1.807) is 12.4 Å². The number of amides is 3. The highest BCUT2D eigenvalue weighted by Gasteiger charge is 2.26. The number of aromatic nitrogens is 6. The van der Waals surface area contributed by atoms with Gasteiger partial charge in [0.15, 0.2) is 17.1 Å². The second-order valence-corrected chi connectivity index (χ2v) is 28.3. The number of nitrogens with zero attached hydrogens (tertiary/aromatic N) is 11. The first kappa shape index (κ1) is 70.4. The van der Waals surface area contributed by atoms with Crippen molar-refractivity contribution in [3.8, 4) is 33.8 Å². The van der Waals surface area contributed by atoms with Crippen molar-refractivity contribution < 1.29 is 23.9 Å². The molecule has 0 atom stereocenters. The lowest BCUT2D eigenvalue weighted by molar-refractivity contribution is 0.0383. The van der Waals surface area contributed by atoms with Gasteiger partial charge in [-0.25, -0.2) is 15.0 Å². The van der Waals surface area contributed by atoms with E-state index >= 15 is 0 Å². The number of imidazole rings is 3. The maximum Gasteiger partial charge on any atom is 0.253 e. The molecule has 3 saturated heterocycles. The maximum absolute atomic E-state index is 12.9. The molecule has 0 unspecified atom stereocenters. The third-order valence-corrected chi connectivity index (χ3v) is 21.4. The molecule has 0 spiro atoms. The average Bonchev–Trinajstić information content (AvgIpc) is 1.60. The molecule has 5 aliphatic rings. The Morgan fingerprint density at radius 2 is 1.10 bits per heavy atom. The number of anilines is 5. The normalized spacial score (nSPS) is 15.5. The summed E-state index contributed by atoms with van der Waals surface area (Å²) in [6.07, 6.45) is 13.7. The number of ether oxygens (including phenoxy) is 1. The standard InChI is InChI=1S/C29H29N5O3.C29H34N4.C28H28N6O2/c35-27-10-4-21-19-22(3-7-24(21)27)26-9-8-25(28-30-12-14-34(26)28)32-23-5-1-20(2-6-23)29(36)31-11-13-33-15-17-37-18-16-33;1-21(2)31-15-17-32(18-16-31)27-10-6-24(7-11-27)20-26-9-12-28(33-14-13-30-29(26)33)25-8-5-22(3)23(4)19-25;1-2-32-13-15-33(16-14-32)28(36)19-3-6-22(7-4-19)31-24-9-10-25(34-12-11-29-26(24)34)20-5-8-23-21(17-20)18-30-27(23)35/h1-3,5-9,12,14,19,32H,4,10-11,13,15-18H2,(H,31,36);5-14,19,21H,15-18,20H2,1-4H3;3-12,17,31H,2,13-16,18H2,1H3,(H,30,35). The molecule has 20 heteroatoms. The van der Waals surface area contributed by atoms with Gasteiger partial charge in [-0.2, -0.15) is 0 Å². The number of morpholine rings is 1. The summed E-state index contributed by atoms with van der Waals surface area (Å²) in [6, 6.07) is 56.1. The number of benzene rings is 6. The lowest BCUT2D eigenvalue weighted by Gasteiger charge is -2.38. The largest absolute Gasteiger partial charge is 0.379 e. The number of piperazine rings is 2. The van der Waals surface area contributed by atoms with Gasteiger partial charge in [0.05, 0.1) is 41.7 Å². The molecule has 17 rings (SSSR count). The Bertz CT molecular complexity index is 5170. The molecular formula is C86H91N15O5. The molecule has 3 fully saturated rings. The summed E-state index contributed by atoms with van der Waals surface area (Å²) in [5.41, 5.74) is 24.3. The van der Waals surface area contributed by atoms with E-state index in [1.807, 2.05) is 113 Å². The van der Waals surface area contributed by atoms with Crippen molar-refractivity contribution in [3.63, 3.8) is 0 Å². The van der Waals surface area contributed by atoms with Gasteiger partial charge >= 0.3 is 0 Å². The van der Waals surface area contributed by atoms with Crippen LogP contribution in [0.2, 0.25) is 0 Å². The van der Waals surface area contributed by atoms with E-state index in [1.165, 1.54) is 39.2 Å². The van der Waals surface area contributed by atoms with E-state index in [0.717, 1.165) is 189 Å². The highest BCUT2D eigenvalue weighted by Crippen LogP contribution is 2.34. The van der Waals surface area contributed by atoms with Crippen molar-refractivity contribution >= 4 is 68.9 Å². The Balaban J connectivity index is 0.000000128. The number of rotatable bonds is 17. The fourth-order valence-electron chi connectivity index (χ4n) is 15.0. The first-order valence-electron chi connectivity index (χ1n) is 37.2. The molecule has 0 saturated carbocycles. The SMILES string of the molecule is CCN1CCN(C(=O)c2ccc(Nc3ccc(-c4ccc5c(c4)CNC5=O)n4ccnc34)cc2)CC1.Cc1ccc(-c2ccc(Cc3ccc(N4CCN(C(C)C)CC4)cc3)c3nccn23)cc1C.O=C(NCCN1CCOCC1)c1ccc(Nc2ccc(-c3ccc4c(c3)CCC4=O)n3ccnc23)cc1. The quantitative estimate of drug-likeness (QED) is 0.0672. The predicted octanol–water partition coefficient (Wildman–Crippen LogP) is 13.4. The van der Waals surface area contributed by atoms with Gasteiger partial charge in [0.2, 0.25) is 0 Å². The number of likely N-dealkylation sites (N-methyl/N-ethyl adjacent to an activating group) is 1. The molecule has 6 aromatic heterocycles. The van der Waals surface area contributed by atoms with Gasteiger partial charge in [-0.15, -0.1) is 0 Å². The van der Waals surface area contributed by atoms with E-state index < -0.39 is 0 Å². The summed E-state index contributed by atoms with van der Waals surface area (Å²) in [4.78, 5) is 74.9. The summed E-state index contributed by atoms with van der Waals surface area (Å²) in [7, 11) is 0. The minimum Gasteiger partial charge on any atom is -0.379 e. The fraction of sp³-hybridized carbons (Fsp3) is 0.291. The molecule has 540 valence electrons. The Morgan fingerprint density at radius 1 is 0.538 bits per heavy atom.